The predicted octanol–water partition coefficient (Wildman–Crippen LogP) is 0.657. The predicted molar refractivity (Wildman–Crippen MR) is 56.6 cm³/mol. The first kappa shape index (κ1) is 9.81. The molecule has 1 heterocycles. The van der Waals surface area contributed by atoms with Crippen LogP contribution >= 0.6 is 0 Å². The molecule has 0 aromatic heterocycles. The van der Waals surface area contributed by atoms with Crippen LogP contribution in [0.2, 0.25) is 0 Å². The van der Waals surface area contributed by atoms with Crippen LogP contribution in [0, 0.1) is 0 Å². The highest BCUT2D eigenvalue weighted by Crippen LogP contribution is 2.38. The van der Waals surface area contributed by atoms with E-state index in [2.05, 4.69) is 0 Å². The number of hydrogen-bond acceptors (Lipinski definition) is 3. The summed E-state index contributed by atoms with van der Waals surface area (Å²) in [7, 11) is 0. The smallest absolute Gasteiger partial charge is 0.256 e. The summed E-state index contributed by atoms with van der Waals surface area (Å²) in [4.78, 5) is 13.5. The zero-order valence-electron chi connectivity index (χ0n) is 8.71. The summed E-state index contributed by atoms with van der Waals surface area (Å²) in [6.45, 7) is 0. The Balaban J connectivity index is 1.92. The van der Waals surface area contributed by atoms with Gasteiger partial charge in [-0.05, 0) is 18.9 Å². The van der Waals surface area contributed by atoms with E-state index in [1.54, 1.807) is 18.2 Å². The molecule has 0 bridgehead atoms. The van der Waals surface area contributed by atoms with Crippen LogP contribution in [0.4, 0.5) is 0 Å². The second-order valence-electron chi connectivity index (χ2n) is 4.45. The van der Waals surface area contributed by atoms with Gasteiger partial charge >= 0.3 is 0 Å². The van der Waals surface area contributed by atoms with Crippen molar-refractivity contribution in [2.75, 3.05) is 0 Å². The van der Waals surface area contributed by atoms with Gasteiger partial charge in [0.05, 0.1) is 6.10 Å². The molecular formula is C12H13NO3. The van der Waals surface area contributed by atoms with E-state index in [0.717, 1.165) is 0 Å². The fourth-order valence-corrected chi connectivity index (χ4v) is 2.47. The number of amides is 1. The van der Waals surface area contributed by atoms with Crippen molar-refractivity contribution in [1.82, 2.24) is 4.90 Å². The molecule has 0 radical (unpaired) electrons. The van der Waals surface area contributed by atoms with Crippen LogP contribution in [0.5, 0.6) is 0 Å². The van der Waals surface area contributed by atoms with Crippen molar-refractivity contribution >= 4 is 5.91 Å². The number of fused-ring (bicyclic) bond motifs is 1. The Hall–Kier alpha value is -1.39. The van der Waals surface area contributed by atoms with Gasteiger partial charge in [0.25, 0.3) is 5.91 Å². The number of aliphatic hydroxyl groups excluding tert-OH is 2. The Morgan fingerprint density at radius 1 is 1.19 bits per heavy atom. The maximum atomic E-state index is 12.0. The summed E-state index contributed by atoms with van der Waals surface area (Å²) in [5.41, 5.74) is 1.25. The van der Waals surface area contributed by atoms with Gasteiger partial charge in [0.1, 0.15) is 0 Å². The monoisotopic (exact) mass is 219 g/mol. The molecule has 1 fully saturated rings. The highest BCUT2D eigenvalue weighted by atomic mass is 16.3. The van der Waals surface area contributed by atoms with Crippen molar-refractivity contribution in [2.45, 2.75) is 31.2 Å². The Kier molecular flexibility index (Phi) is 2.02. The number of carbonyl (C=O) groups is 1. The van der Waals surface area contributed by atoms with Crippen LogP contribution < -0.4 is 0 Å². The van der Waals surface area contributed by atoms with Crippen molar-refractivity contribution < 1.29 is 15.0 Å². The molecule has 1 aromatic carbocycles. The highest BCUT2D eigenvalue weighted by Gasteiger charge is 2.44. The maximum Gasteiger partial charge on any atom is 0.256 e. The van der Waals surface area contributed by atoms with E-state index in [0.29, 0.717) is 24.0 Å². The van der Waals surface area contributed by atoms with E-state index < -0.39 is 6.23 Å². The minimum atomic E-state index is -0.846. The SMILES string of the molecule is O=C1c2ccccc2C(O)N1C1CC(O)C1. The lowest BCUT2D eigenvalue weighted by atomic mass is 9.88. The summed E-state index contributed by atoms with van der Waals surface area (Å²) < 4.78 is 0. The Morgan fingerprint density at radius 3 is 2.50 bits per heavy atom. The molecule has 0 spiro atoms. The molecule has 1 aliphatic carbocycles. The third-order valence-electron chi connectivity index (χ3n) is 3.45. The molecule has 2 aliphatic rings. The van der Waals surface area contributed by atoms with E-state index in [9.17, 15) is 15.0 Å². The molecule has 1 aliphatic heterocycles. The molecule has 1 saturated carbocycles. The number of benzene rings is 1. The molecule has 1 atom stereocenters. The van der Waals surface area contributed by atoms with Crippen LogP contribution in [0.15, 0.2) is 24.3 Å². The lowest BCUT2D eigenvalue weighted by molar-refractivity contribution is -0.0567. The van der Waals surface area contributed by atoms with Gasteiger partial charge in [-0.15, -0.1) is 0 Å². The average molecular weight is 219 g/mol. The zero-order chi connectivity index (χ0) is 11.3. The number of carbonyl (C=O) groups excluding carboxylic acids is 1. The quantitative estimate of drug-likeness (QED) is 0.729. The van der Waals surface area contributed by atoms with Gasteiger partial charge < -0.3 is 15.1 Å². The summed E-state index contributed by atoms with van der Waals surface area (Å²) in [6.07, 6.45) is -0.0389. The molecule has 84 valence electrons. The van der Waals surface area contributed by atoms with Gasteiger partial charge in [-0.3, -0.25) is 4.79 Å². The molecule has 4 heteroatoms. The van der Waals surface area contributed by atoms with Crippen LogP contribution in [-0.4, -0.2) is 33.2 Å². The first-order chi connectivity index (χ1) is 7.68. The molecule has 1 unspecified atom stereocenters. The number of rotatable bonds is 1. The lowest BCUT2D eigenvalue weighted by Crippen LogP contribution is -2.48. The molecule has 3 rings (SSSR count). The molecule has 0 saturated heterocycles. The summed E-state index contributed by atoms with van der Waals surface area (Å²) >= 11 is 0. The van der Waals surface area contributed by atoms with Crippen LogP contribution in [0.3, 0.4) is 0 Å². The molecule has 4 nitrogen and oxygen atoms in total. The second-order valence-corrected chi connectivity index (χ2v) is 4.45. The minimum Gasteiger partial charge on any atom is -0.393 e. The summed E-state index contributed by atoms with van der Waals surface area (Å²) in [5, 5.41) is 19.3. The van der Waals surface area contributed by atoms with Crippen molar-refractivity contribution in [3.8, 4) is 0 Å². The number of nitrogens with zero attached hydrogens (tertiary/aromatic N) is 1. The minimum absolute atomic E-state index is 0.0232. The van der Waals surface area contributed by atoms with Crippen molar-refractivity contribution in [1.29, 1.82) is 0 Å². The molecular weight excluding hydrogens is 206 g/mol. The molecule has 1 amide bonds. The Bertz CT molecular complexity index is 440. The first-order valence-electron chi connectivity index (χ1n) is 5.46. The van der Waals surface area contributed by atoms with Crippen molar-refractivity contribution in [3.05, 3.63) is 35.4 Å². The molecule has 1 aromatic rings. The van der Waals surface area contributed by atoms with E-state index in [-0.39, 0.29) is 18.1 Å². The average Bonchev–Trinajstić information content (AvgIpc) is 2.49. The van der Waals surface area contributed by atoms with Gasteiger partial charge in [-0.1, -0.05) is 18.2 Å². The van der Waals surface area contributed by atoms with Crippen molar-refractivity contribution in [3.63, 3.8) is 0 Å². The standard InChI is InChI=1S/C12H13NO3/c14-8-5-7(6-8)13-11(15)9-3-1-2-4-10(9)12(13)16/h1-4,7-8,11,14-15H,5-6H2. The van der Waals surface area contributed by atoms with E-state index in [1.807, 2.05) is 6.07 Å². The Morgan fingerprint density at radius 2 is 1.88 bits per heavy atom. The van der Waals surface area contributed by atoms with Gasteiger partial charge in [0.15, 0.2) is 6.23 Å². The topological polar surface area (TPSA) is 60.8 Å². The fraction of sp³-hybridized carbons (Fsp3) is 0.417. The largest absolute Gasteiger partial charge is 0.393 e. The third kappa shape index (κ3) is 1.20. The van der Waals surface area contributed by atoms with E-state index >= 15 is 0 Å². The third-order valence-corrected chi connectivity index (χ3v) is 3.45. The van der Waals surface area contributed by atoms with Gasteiger partial charge in [-0.25, -0.2) is 0 Å². The van der Waals surface area contributed by atoms with E-state index in [1.165, 1.54) is 4.90 Å². The first-order valence-corrected chi connectivity index (χ1v) is 5.46. The lowest BCUT2D eigenvalue weighted by Gasteiger charge is -2.40. The van der Waals surface area contributed by atoms with Gasteiger partial charge in [0.2, 0.25) is 0 Å². The van der Waals surface area contributed by atoms with Gasteiger partial charge in [-0.2, -0.15) is 0 Å². The molecule has 2 N–H and O–H groups in total. The zero-order valence-corrected chi connectivity index (χ0v) is 8.71. The second kappa shape index (κ2) is 3.30. The normalized spacial score (nSPS) is 32.5. The number of aliphatic hydroxyl groups is 2. The number of hydrogen-bond donors (Lipinski definition) is 2. The summed E-state index contributed by atoms with van der Waals surface area (Å²) in [6, 6.07) is 7.09. The van der Waals surface area contributed by atoms with Crippen LogP contribution in [0.1, 0.15) is 35.0 Å². The maximum absolute atomic E-state index is 12.0. The fourth-order valence-electron chi connectivity index (χ4n) is 2.47. The van der Waals surface area contributed by atoms with Crippen molar-refractivity contribution in [2.24, 2.45) is 0 Å². The summed E-state index contributed by atoms with van der Waals surface area (Å²) in [5.74, 6) is -0.125. The van der Waals surface area contributed by atoms with Crippen LogP contribution in [-0.2, 0) is 0 Å². The highest BCUT2D eigenvalue weighted by molar-refractivity contribution is 5.99. The van der Waals surface area contributed by atoms with E-state index in [4.69, 9.17) is 0 Å². The molecule has 16 heavy (non-hydrogen) atoms. The van der Waals surface area contributed by atoms with Crippen LogP contribution in [0.25, 0.3) is 0 Å². The van der Waals surface area contributed by atoms with Gasteiger partial charge in [0, 0.05) is 17.2 Å². The Labute approximate surface area is 93.1 Å².